The Balaban J connectivity index is 1.26. The summed E-state index contributed by atoms with van der Waals surface area (Å²) in [5.74, 6) is 9.65. The Bertz CT molecular complexity index is 1060. The summed E-state index contributed by atoms with van der Waals surface area (Å²) in [5.41, 5.74) is 3.61. The van der Waals surface area contributed by atoms with Gasteiger partial charge in [0.15, 0.2) is 0 Å². The molecule has 2 aromatic rings. The van der Waals surface area contributed by atoms with Crippen molar-refractivity contribution >= 4 is 0 Å². The molecule has 186 valence electrons. The smallest absolute Gasteiger partial charge is 0.120 e. The molecule has 35 heavy (non-hydrogen) atoms. The number of benzene rings is 2. The molecule has 2 aromatic carbocycles. The Morgan fingerprint density at radius 2 is 1.86 bits per heavy atom. The maximum Gasteiger partial charge on any atom is 0.120 e. The molecule has 0 spiro atoms. The highest BCUT2D eigenvalue weighted by Crippen LogP contribution is 2.65. The average molecular weight is 471 g/mol. The van der Waals surface area contributed by atoms with E-state index in [1.165, 1.54) is 43.2 Å². The van der Waals surface area contributed by atoms with E-state index in [-0.39, 0.29) is 5.41 Å². The van der Waals surface area contributed by atoms with Crippen molar-refractivity contribution in [2.24, 2.45) is 17.3 Å². The molecule has 2 fully saturated rings. The van der Waals surface area contributed by atoms with E-state index in [1.54, 1.807) is 5.56 Å². The molecule has 1 N–H and O–H groups in total. The van der Waals surface area contributed by atoms with Crippen LogP contribution in [0.3, 0.4) is 0 Å². The van der Waals surface area contributed by atoms with Crippen molar-refractivity contribution in [2.45, 2.75) is 103 Å². The number of fused-ring (bicyclic) bond motifs is 5. The van der Waals surface area contributed by atoms with Crippen molar-refractivity contribution in [3.8, 4) is 17.6 Å². The predicted molar refractivity (Wildman–Crippen MR) is 143 cm³/mol. The summed E-state index contributed by atoms with van der Waals surface area (Å²) in [6.45, 7) is 5.23. The van der Waals surface area contributed by atoms with Crippen LogP contribution in [-0.4, -0.2) is 10.7 Å². The molecule has 3 aliphatic rings. The summed E-state index contributed by atoms with van der Waals surface area (Å²) in [4.78, 5) is 0. The number of ether oxygens (including phenoxy) is 1. The van der Waals surface area contributed by atoms with Gasteiger partial charge in [0.2, 0.25) is 0 Å². The molecule has 2 nitrogen and oxygen atoms in total. The van der Waals surface area contributed by atoms with Crippen molar-refractivity contribution in [1.29, 1.82) is 0 Å². The third-order valence-electron chi connectivity index (χ3n) is 9.68. The second kappa shape index (κ2) is 10.4. The summed E-state index contributed by atoms with van der Waals surface area (Å²) in [6.07, 6.45) is 12.0. The second-order valence-corrected chi connectivity index (χ2v) is 11.6. The number of aliphatic hydroxyl groups is 1. The number of rotatable bonds is 7. The molecule has 0 bridgehead atoms. The van der Waals surface area contributed by atoms with E-state index in [4.69, 9.17) is 4.74 Å². The van der Waals surface area contributed by atoms with E-state index in [2.05, 4.69) is 68.2 Å². The summed E-state index contributed by atoms with van der Waals surface area (Å²) in [6, 6.07) is 17.2. The van der Waals surface area contributed by atoms with Gasteiger partial charge in [-0.05, 0) is 91.5 Å². The average Bonchev–Trinajstić information content (AvgIpc) is 3.15. The molecule has 0 heterocycles. The molecule has 2 heteroatoms. The maximum atomic E-state index is 11.8. The van der Waals surface area contributed by atoms with E-state index >= 15 is 0 Å². The fraction of sp³-hybridized carbons (Fsp3) is 0.576. The molecular formula is C33H42O2. The number of hydrogen-bond acceptors (Lipinski definition) is 2. The van der Waals surface area contributed by atoms with Crippen LogP contribution in [-0.2, 0) is 13.0 Å². The molecule has 2 saturated carbocycles. The Labute approximate surface area is 212 Å². The normalized spacial score (nSPS) is 31.0. The molecule has 0 unspecified atom stereocenters. The minimum atomic E-state index is -0.615. The zero-order valence-electron chi connectivity index (χ0n) is 21.7. The Morgan fingerprint density at radius 3 is 2.69 bits per heavy atom. The van der Waals surface area contributed by atoms with Crippen molar-refractivity contribution in [3.63, 3.8) is 0 Å². The topological polar surface area (TPSA) is 29.5 Å². The molecular weight excluding hydrogens is 428 g/mol. The first-order valence-electron chi connectivity index (χ1n) is 14.0. The first-order valence-corrected chi connectivity index (χ1v) is 14.0. The fourth-order valence-corrected chi connectivity index (χ4v) is 7.55. The van der Waals surface area contributed by atoms with E-state index in [0.29, 0.717) is 30.8 Å². The van der Waals surface area contributed by atoms with Crippen LogP contribution in [0.25, 0.3) is 0 Å². The summed E-state index contributed by atoms with van der Waals surface area (Å²) in [7, 11) is 0. The van der Waals surface area contributed by atoms with Gasteiger partial charge in [0.1, 0.15) is 12.4 Å². The van der Waals surface area contributed by atoms with E-state index < -0.39 is 5.60 Å². The van der Waals surface area contributed by atoms with Crippen LogP contribution < -0.4 is 4.74 Å². The van der Waals surface area contributed by atoms with Gasteiger partial charge >= 0.3 is 0 Å². The van der Waals surface area contributed by atoms with Crippen LogP contribution in [0.1, 0.15) is 101 Å². The molecule has 0 aliphatic heterocycles. The first kappa shape index (κ1) is 24.5. The van der Waals surface area contributed by atoms with Gasteiger partial charge in [-0.3, -0.25) is 0 Å². The van der Waals surface area contributed by atoms with Gasteiger partial charge in [-0.15, -0.1) is 11.8 Å². The lowest BCUT2D eigenvalue weighted by molar-refractivity contribution is -0.0990. The summed E-state index contributed by atoms with van der Waals surface area (Å²) < 4.78 is 6.13. The van der Waals surface area contributed by atoms with Crippen molar-refractivity contribution in [1.82, 2.24) is 0 Å². The minimum absolute atomic E-state index is 0.00248. The fourth-order valence-electron chi connectivity index (χ4n) is 7.55. The Hall–Kier alpha value is -2.24. The van der Waals surface area contributed by atoms with Gasteiger partial charge in [0.25, 0.3) is 0 Å². The Morgan fingerprint density at radius 1 is 1.00 bits per heavy atom. The van der Waals surface area contributed by atoms with Gasteiger partial charge in [-0.25, -0.2) is 0 Å². The monoisotopic (exact) mass is 470 g/mol. The predicted octanol–water partition coefficient (Wildman–Crippen LogP) is 7.83. The number of aryl methyl sites for hydroxylation is 1. The van der Waals surface area contributed by atoms with E-state index in [0.717, 1.165) is 37.9 Å². The largest absolute Gasteiger partial charge is 0.489 e. The van der Waals surface area contributed by atoms with Gasteiger partial charge < -0.3 is 9.84 Å². The number of unbranched alkanes of at least 4 members (excludes halogenated alkanes) is 3. The van der Waals surface area contributed by atoms with Crippen LogP contribution in [0.5, 0.6) is 5.75 Å². The number of hydrogen-bond donors (Lipinski definition) is 1. The lowest BCUT2D eigenvalue weighted by Gasteiger charge is -2.53. The van der Waals surface area contributed by atoms with Crippen LogP contribution in [0.15, 0.2) is 48.5 Å². The highest BCUT2D eigenvalue weighted by Gasteiger charge is 2.61. The SMILES string of the molecule is CCCCCC#CC[C@]1(O)CC[C@H]2[C@@H]3CCc4cc(OCc5ccccc5)ccc4[C@H]3CC[C@@]21C. The van der Waals surface area contributed by atoms with E-state index in [9.17, 15) is 5.11 Å². The van der Waals surface area contributed by atoms with Crippen molar-refractivity contribution in [3.05, 3.63) is 65.2 Å². The van der Waals surface area contributed by atoms with Crippen LogP contribution in [0.4, 0.5) is 0 Å². The summed E-state index contributed by atoms with van der Waals surface area (Å²) in [5, 5.41) is 11.8. The zero-order valence-corrected chi connectivity index (χ0v) is 21.7. The lowest BCUT2D eigenvalue weighted by atomic mass is 9.53. The molecule has 0 aromatic heterocycles. The summed E-state index contributed by atoms with van der Waals surface area (Å²) >= 11 is 0. The third-order valence-corrected chi connectivity index (χ3v) is 9.68. The highest BCUT2D eigenvalue weighted by atomic mass is 16.5. The van der Waals surface area contributed by atoms with E-state index in [1.807, 2.05) is 6.07 Å². The van der Waals surface area contributed by atoms with Crippen LogP contribution in [0, 0.1) is 29.1 Å². The second-order valence-electron chi connectivity index (χ2n) is 11.6. The third kappa shape index (κ3) is 4.77. The minimum Gasteiger partial charge on any atom is -0.489 e. The molecule has 0 saturated heterocycles. The lowest BCUT2D eigenvalue weighted by Crippen LogP contribution is -2.50. The van der Waals surface area contributed by atoms with Crippen molar-refractivity contribution in [2.75, 3.05) is 0 Å². The first-order chi connectivity index (χ1) is 17.0. The molecule has 0 radical (unpaired) electrons. The zero-order chi connectivity index (χ0) is 24.3. The van der Waals surface area contributed by atoms with Crippen LogP contribution in [0.2, 0.25) is 0 Å². The van der Waals surface area contributed by atoms with Gasteiger partial charge in [-0.2, -0.15) is 0 Å². The highest BCUT2D eigenvalue weighted by molar-refractivity contribution is 5.41. The molecule has 5 rings (SSSR count). The Kier molecular flexibility index (Phi) is 7.26. The molecule has 5 atom stereocenters. The van der Waals surface area contributed by atoms with Gasteiger partial charge in [-0.1, -0.05) is 63.1 Å². The maximum absolute atomic E-state index is 11.8. The standard InChI is InChI=1S/C33H42O2/c1-3-4-5-6-7-11-20-33(34)22-19-31-30-16-14-26-23-27(35-24-25-12-9-8-10-13-25)15-17-28(26)29(30)18-21-32(31,33)2/h8-10,12-13,15,17,23,29-31,34H,3-6,14,16,18-22,24H2,1-2H3/t29-,30-,31+,32+,33+/m1/s1. The quantitative estimate of drug-likeness (QED) is 0.330. The molecule has 3 aliphatic carbocycles. The van der Waals surface area contributed by atoms with Gasteiger partial charge in [0.05, 0.1) is 5.60 Å². The molecule has 0 amide bonds. The van der Waals surface area contributed by atoms with Crippen LogP contribution >= 0.6 is 0 Å². The van der Waals surface area contributed by atoms with Crippen molar-refractivity contribution < 1.29 is 9.84 Å². The van der Waals surface area contributed by atoms with Gasteiger partial charge in [0, 0.05) is 18.3 Å².